The molecule has 0 aliphatic rings. The second-order valence-corrected chi connectivity index (χ2v) is 3.58. The van der Waals surface area contributed by atoms with E-state index in [4.69, 9.17) is 29.6 Å². The molecule has 0 aliphatic heterocycles. The quantitative estimate of drug-likeness (QED) is 0.588. The van der Waals surface area contributed by atoms with Gasteiger partial charge in [0.25, 0.3) is 5.91 Å². The third-order valence-corrected chi connectivity index (χ3v) is 2.22. The molecule has 0 saturated heterocycles. The molecule has 1 aromatic heterocycles. The predicted molar refractivity (Wildman–Crippen MR) is 60.1 cm³/mol. The summed E-state index contributed by atoms with van der Waals surface area (Å²) >= 11 is 11.4. The molecule has 0 aliphatic carbocycles. The average Bonchev–Trinajstić information content (AvgIpc) is 2.17. The number of halogens is 2. The van der Waals surface area contributed by atoms with E-state index in [1.54, 1.807) is 7.05 Å². The Morgan fingerprint density at radius 2 is 2.27 bits per heavy atom. The normalized spacial score (nSPS) is 9.47. The molecule has 78 valence electrons. The molecule has 0 saturated carbocycles. The number of aromatic nitrogens is 1. The van der Waals surface area contributed by atoms with E-state index in [-0.39, 0.29) is 22.8 Å². The van der Waals surface area contributed by atoms with Crippen LogP contribution in [0.2, 0.25) is 10.3 Å². The lowest BCUT2D eigenvalue weighted by Crippen LogP contribution is -2.27. The summed E-state index contributed by atoms with van der Waals surface area (Å²) in [5.41, 5.74) is 0.291. The van der Waals surface area contributed by atoms with Crippen LogP contribution in [0.1, 0.15) is 10.4 Å². The van der Waals surface area contributed by atoms with E-state index >= 15 is 0 Å². The maximum atomic E-state index is 11.7. The molecule has 0 fully saturated rings. The highest BCUT2D eigenvalue weighted by atomic mass is 35.5. The monoisotopic (exact) mass is 242 g/mol. The van der Waals surface area contributed by atoms with Gasteiger partial charge in [0.05, 0.1) is 12.1 Å². The number of carbonyl (C=O) groups excluding carboxylic acids is 1. The molecule has 3 nitrogen and oxygen atoms in total. The minimum absolute atomic E-state index is 0.0800. The summed E-state index contributed by atoms with van der Waals surface area (Å²) in [5.74, 6) is 2.09. The minimum atomic E-state index is -0.276. The first-order valence-electron chi connectivity index (χ1n) is 4.07. The molecule has 1 amide bonds. The van der Waals surface area contributed by atoms with Crippen molar-refractivity contribution < 1.29 is 4.79 Å². The maximum Gasteiger partial charge on any atom is 0.257 e. The van der Waals surface area contributed by atoms with E-state index in [2.05, 4.69) is 10.9 Å². The Hall–Kier alpha value is -1.24. The molecule has 15 heavy (non-hydrogen) atoms. The van der Waals surface area contributed by atoms with Crippen molar-refractivity contribution in [3.05, 3.63) is 28.0 Å². The van der Waals surface area contributed by atoms with Gasteiger partial charge in [-0.25, -0.2) is 4.98 Å². The summed E-state index contributed by atoms with van der Waals surface area (Å²) in [4.78, 5) is 16.9. The van der Waals surface area contributed by atoms with Crippen molar-refractivity contribution in [3.63, 3.8) is 0 Å². The Balaban J connectivity index is 2.97. The zero-order valence-corrected chi connectivity index (χ0v) is 9.51. The summed E-state index contributed by atoms with van der Waals surface area (Å²) in [6.45, 7) is 0.220. The molecule has 0 unspecified atom stereocenters. The van der Waals surface area contributed by atoms with Crippen molar-refractivity contribution in [1.29, 1.82) is 0 Å². The van der Waals surface area contributed by atoms with Gasteiger partial charge in [0.2, 0.25) is 0 Å². The zero-order chi connectivity index (χ0) is 11.4. The first kappa shape index (κ1) is 11.8. The van der Waals surface area contributed by atoms with Gasteiger partial charge in [0, 0.05) is 7.05 Å². The van der Waals surface area contributed by atoms with Gasteiger partial charge in [-0.1, -0.05) is 29.1 Å². The number of amides is 1. The largest absolute Gasteiger partial charge is 0.330 e. The third kappa shape index (κ3) is 2.85. The third-order valence-electron chi connectivity index (χ3n) is 1.72. The Morgan fingerprint density at radius 3 is 2.80 bits per heavy atom. The van der Waals surface area contributed by atoms with Gasteiger partial charge >= 0.3 is 0 Å². The Labute approximate surface area is 98.0 Å². The molecule has 0 aromatic carbocycles. The highest BCUT2D eigenvalue weighted by molar-refractivity contribution is 6.34. The first-order chi connectivity index (χ1) is 7.06. The van der Waals surface area contributed by atoms with Crippen LogP contribution in [0.15, 0.2) is 12.1 Å². The molecule has 1 aromatic rings. The van der Waals surface area contributed by atoms with Crippen LogP contribution >= 0.6 is 23.2 Å². The number of hydrogen-bond donors (Lipinski definition) is 0. The molecule has 0 radical (unpaired) electrons. The molecular formula is C10H8Cl2N2O. The van der Waals surface area contributed by atoms with Crippen LogP contribution in [0.4, 0.5) is 0 Å². The van der Waals surface area contributed by atoms with E-state index in [1.165, 1.54) is 17.0 Å². The fourth-order valence-corrected chi connectivity index (χ4v) is 1.41. The molecule has 0 atom stereocenters. The average molecular weight is 243 g/mol. The highest BCUT2D eigenvalue weighted by Gasteiger charge is 2.15. The summed E-state index contributed by atoms with van der Waals surface area (Å²) in [6.07, 6.45) is 5.09. The summed E-state index contributed by atoms with van der Waals surface area (Å²) in [7, 11) is 1.59. The van der Waals surface area contributed by atoms with Crippen LogP contribution in [0.3, 0.4) is 0 Å². The van der Waals surface area contributed by atoms with Crippen molar-refractivity contribution >= 4 is 29.1 Å². The van der Waals surface area contributed by atoms with Gasteiger partial charge in [0.15, 0.2) is 0 Å². The van der Waals surface area contributed by atoms with Gasteiger partial charge in [0.1, 0.15) is 10.3 Å². The van der Waals surface area contributed by atoms with Crippen LogP contribution in [0.25, 0.3) is 0 Å². The van der Waals surface area contributed by atoms with Crippen molar-refractivity contribution in [2.45, 2.75) is 0 Å². The second-order valence-electron chi connectivity index (χ2n) is 2.84. The lowest BCUT2D eigenvalue weighted by molar-refractivity contribution is 0.0812. The van der Waals surface area contributed by atoms with Crippen LogP contribution in [0.5, 0.6) is 0 Å². The van der Waals surface area contributed by atoms with Crippen molar-refractivity contribution in [1.82, 2.24) is 9.88 Å². The van der Waals surface area contributed by atoms with E-state index in [0.717, 1.165) is 0 Å². The molecule has 5 heteroatoms. The predicted octanol–water partition coefficient (Wildman–Crippen LogP) is 2.09. The summed E-state index contributed by atoms with van der Waals surface area (Å²) in [6, 6.07) is 3.03. The SMILES string of the molecule is C#CCN(C)C(=O)c1ccc(Cl)nc1Cl. The van der Waals surface area contributed by atoms with Crippen LogP contribution < -0.4 is 0 Å². The standard InChI is InChI=1S/C10H8Cl2N2O/c1-3-6-14(2)10(15)7-4-5-8(11)13-9(7)12/h1,4-5H,6H2,2H3. The van der Waals surface area contributed by atoms with Crippen LogP contribution in [0, 0.1) is 12.3 Å². The van der Waals surface area contributed by atoms with E-state index in [9.17, 15) is 4.79 Å². The van der Waals surface area contributed by atoms with Crippen molar-refractivity contribution in [2.75, 3.05) is 13.6 Å². The smallest absolute Gasteiger partial charge is 0.257 e. The summed E-state index contributed by atoms with van der Waals surface area (Å²) in [5, 5.41) is 0.326. The topological polar surface area (TPSA) is 33.2 Å². The Kier molecular flexibility index (Phi) is 3.96. The van der Waals surface area contributed by atoms with Gasteiger partial charge in [-0.3, -0.25) is 4.79 Å². The molecular weight excluding hydrogens is 235 g/mol. The summed E-state index contributed by atoms with van der Waals surface area (Å²) < 4.78 is 0. The molecule has 1 rings (SSSR count). The Morgan fingerprint density at radius 1 is 1.60 bits per heavy atom. The highest BCUT2D eigenvalue weighted by Crippen LogP contribution is 2.17. The molecule has 0 bridgehead atoms. The van der Waals surface area contributed by atoms with Gasteiger partial charge in [-0.15, -0.1) is 6.42 Å². The van der Waals surface area contributed by atoms with Crippen molar-refractivity contribution in [3.8, 4) is 12.3 Å². The lowest BCUT2D eigenvalue weighted by atomic mass is 10.2. The van der Waals surface area contributed by atoms with E-state index in [1.807, 2.05) is 0 Å². The first-order valence-corrected chi connectivity index (χ1v) is 4.83. The number of terminal acetylenes is 1. The van der Waals surface area contributed by atoms with Gasteiger partial charge in [-0.05, 0) is 12.1 Å². The minimum Gasteiger partial charge on any atom is -0.330 e. The fraction of sp³-hybridized carbons (Fsp3) is 0.200. The van der Waals surface area contributed by atoms with Crippen molar-refractivity contribution in [2.24, 2.45) is 0 Å². The number of nitrogens with zero attached hydrogens (tertiary/aromatic N) is 2. The molecule has 0 spiro atoms. The zero-order valence-electron chi connectivity index (χ0n) is 8.00. The van der Waals surface area contributed by atoms with Gasteiger partial charge in [-0.2, -0.15) is 0 Å². The fourth-order valence-electron chi connectivity index (χ4n) is 0.986. The molecule has 1 heterocycles. The number of hydrogen-bond acceptors (Lipinski definition) is 2. The van der Waals surface area contributed by atoms with E-state index < -0.39 is 0 Å². The number of pyridine rings is 1. The number of carbonyl (C=O) groups is 1. The van der Waals surface area contributed by atoms with Crippen LogP contribution in [-0.4, -0.2) is 29.4 Å². The van der Waals surface area contributed by atoms with E-state index in [0.29, 0.717) is 5.56 Å². The Bertz CT molecular complexity index is 426. The lowest BCUT2D eigenvalue weighted by Gasteiger charge is -2.14. The van der Waals surface area contributed by atoms with Crippen LogP contribution in [-0.2, 0) is 0 Å². The second kappa shape index (κ2) is 5.01. The number of rotatable bonds is 2. The molecule has 0 N–H and O–H groups in total. The maximum absolute atomic E-state index is 11.7. The van der Waals surface area contributed by atoms with Gasteiger partial charge < -0.3 is 4.90 Å².